The van der Waals surface area contributed by atoms with Crippen LogP contribution >= 0.6 is 11.6 Å². The molecule has 3 atom stereocenters. The van der Waals surface area contributed by atoms with Crippen LogP contribution in [0, 0.1) is 0 Å². The first-order valence-corrected chi connectivity index (χ1v) is 11.0. The number of carbonyl (C=O) groups excluding carboxylic acids is 2. The van der Waals surface area contributed by atoms with Crippen molar-refractivity contribution in [1.29, 1.82) is 0 Å². The van der Waals surface area contributed by atoms with Crippen molar-refractivity contribution in [2.24, 2.45) is 0 Å². The van der Waals surface area contributed by atoms with Gasteiger partial charge in [0.1, 0.15) is 22.7 Å². The molecule has 1 aliphatic rings. The fourth-order valence-electron chi connectivity index (χ4n) is 3.52. The van der Waals surface area contributed by atoms with Crippen molar-refractivity contribution in [2.45, 2.75) is 48.0 Å². The SMILES string of the molecule is CC(C)(C)OC(=O)N[C@]1(C=O)[C@H](c2cccc(Cl)c2)[C@H]1S(=O)(=O)c1ccccc1. The minimum atomic E-state index is -3.93. The maximum absolute atomic E-state index is 13.3. The maximum Gasteiger partial charge on any atom is 0.408 e. The molecule has 0 saturated heterocycles. The zero-order chi connectivity index (χ0) is 21.4. The van der Waals surface area contributed by atoms with Crippen LogP contribution in [0.5, 0.6) is 0 Å². The molecule has 1 amide bonds. The molecule has 0 unspecified atom stereocenters. The topological polar surface area (TPSA) is 89.5 Å². The second-order valence-electron chi connectivity index (χ2n) is 7.99. The number of alkyl carbamates (subject to hydrolysis) is 1. The standard InChI is InChI=1S/C21H22ClNO5S/c1-20(2,3)28-19(25)23-21(13-24)17(14-8-7-9-15(22)12-14)18(21)29(26,27)16-10-5-4-6-11-16/h4-13,17-18H,1-3H3,(H,23,25)/t17-,18-,21-/m1/s1. The first-order chi connectivity index (χ1) is 13.5. The average molecular weight is 436 g/mol. The van der Waals surface area contributed by atoms with E-state index >= 15 is 0 Å². The van der Waals surface area contributed by atoms with Gasteiger partial charge in [-0.2, -0.15) is 0 Å². The number of rotatable bonds is 5. The number of benzene rings is 2. The molecule has 1 aliphatic carbocycles. The Morgan fingerprint density at radius 3 is 2.34 bits per heavy atom. The quantitative estimate of drug-likeness (QED) is 0.722. The van der Waals surface area contributed by atoms with Gasteiger partial charge in [-0.15, -0.1) is 0 Å². The molecule has 0 aromatic heterocycles. The number of sulfone groups is 1. The third kappa shape index (κ3) is 4.16. The summed E-state index contributed by atoms with van der Waals surface area (Å²) in [5.41, 5.74) is -1.91. The van der Waals surface area contributed by atoms with E-state index in [9.17, 15) is 18.0 Å². The third-order valence-electron chi connectivity index (χ3n) is 4.71. The van der Waals surface area contributed by atoms with Crippen LogP contribution in [0.3, 0.4) is 0 Å². The zero-order valence-corrected chi connectivity index (χ0v) is 17.8. The Labute approximate surface area is 175 Å². The lowest BCUT2D eigenvalue weighted by molar-refractivity contribution is -0.110. The lowest BCUT2D eigenvalue weighted by Gasteiger charge is -2.22. The lowest BCUT2D eigenvalue weighted by atomic mass is 10.1. The van der Waals surface area contributed by atoms with Crippen LogP contribution in [0.2, 0.25) is 5.02 Å². The van der Waals surface area contributed by atoms with Gasteiger partial charge in [0, 0.05) is 10.9 Å². The molecule has 0 radical (unpaired) electrons. The summed E-state index contributed by atoms with van der Waals surface area (Å²) in [6.45, 7) is 5.04. The number of halogens is 1. The van der Waals surface area contributed by atoms with Crippen molar-refractivity contribution in [3.8, 4) is 0 Å². The van der Waals surface area contributed by atoms with E-state index in [2.05, 4.69) is 5.32 Å². The van der Waals surface area contributed by atoms with E-state index in [-0.39, 0.29) is 4.90 Å². The Bertz CT molecular complexity index is 1030. The summed E-state index contributed by atoms with van der Waals surface area (Å²) in [5, 5.41) is 1.74. The Kier molecular flexibility index (Phi) is 5.49. The minimum Gasteiger partial charge on any atom is -0.444 e. The Hall–Kier alpha value is -2.38. The van der Waals surface area contributed by atoms with E-state index in [1.807, 2.05) is 0 Å². The molecule has 29 heavy (non-hydrogen) atoms. The normalized spacial score (nSPS) is 23.9. The summed E-state index contributed by atoms with van der Waals surface area (Å²) >= 11 is 6.08. The van der Waals surface area contributed by atoms with Crippen LogP contribution < -0.4 is 5.32 Å². The number of nitrogens with one attached hydrogen (secondary N) is 1. The number of carbonyl (C=O) groups is 2. The fraction of sp³-hybridized carbons (Fsp3) is 0.333. The van der Waals surface area contributed by atoms with E-state index in [0.717, 1.165) is 0 Å². The van der Waals surface area contributed by atoms with E-state index in [0.29, 0.717) is 16.9 Å². The van der Waals surface area contributed by atoms with Crippen molar-refractivity contribution >= 4 is 33.8 Å². The molecule has 0 spiro atoms. The summed E-state index contributed by atoms with van der Waals surface area (Å²) in [5.74, 6) is -0.795. The van der Waals surface area contributed by atoms with Gasteiger partial charge in [0.2, 0.25) is 0 Å². The first-order valence-electron chi connectivity index (χ1n) is 9.03. The molecule has 2 aromatic rings. The molecule has 0 heterocycles. The molecule has 1 N–H and O–H groups in total. The number of aldehydes is 1. The highest BCUT2D eigenvalue weighted by Crippen LogP contribution is 2.56. The van der Waals surface area contributed by atoms with Crippen LogP contribution in [-0.4, -0.2) is 37.2 Å². The van der Waals surface area contributed by atoms with Gasteiger partial charge in [-0.3, -0.25) is 0 Å². The van der Waals surface area contributed by atoms with Gasteiger partial charge in [-0.05, 0) is 50.6 Å². The smallest absolute Gasteiger partial charge is 0.408 e. The number of ether oxygens (including phenoxy) is 1. The predicted octanol–water partition coefficient (Wildman–Crippen LogP) is 3.74. The third-order valence-corrected chi connectivity index (χ3v) is 7.20. The summed E-state index contributed by atoms with van der Waals surface area (Å²) in [7, 11) is -3.93. The predicted molar refractivity (Wildman–Crippen MR) is 110 cm³/mol. The Morgan fingerprint density at radius 1 is 1.14 bits per heavy atom. The number of hydrogen-bond donors (Lipinski definition) is 1. The van der Waals surface area contributed by atoms with Crippen molar-refractivity contribution in [1.82, 2.24) is 5.32 Å². The van der Waals surface area contributed by atoms with Gasteiger partial charge in [-0.25, -0.2) is 13.2 Å². The second-order valence-corrected chi connectivity index (χ2v) is 10.5. The second kappa shape index (κ2) is 7.46. The highest BCUT2D eigenvalue weighted by Gasteiger charge is 2.73. The van der Waals surface area contributed by atoms with Gasteiger partial charge in [0.15, 0.2) is 9.84 Å². The van der Waals surface area contributed by atoms with E-state index in [4.69, 9.17) is 16.3 Å². The van der Waals surface area contributed by atoms with Crippen LogP contribution in [0.1, 0.15) is 32.3 Å². The van der Waals surface area contributed by atoms with Gasteiger partial charge < -0.3 is 14.8 Å². The highest BCUT2D eigenvalue weighted by atomic mass is 35.5. The average Bonchev–Trinajstić information content (AvgIpc) is 3.30. The monoisotopic (exact) mass is 435 g/mol. The summed E-state index contributed by atoms with van der Waals surface area (Å²) < 4.78 is 31.9. The molecular formula is C21H22ClNO5S. The molecule has 154 valence electrons. The summed E-state index contributed by atoms with van der Waals surface area (Å²) in [6, 6.07) is 14.4. The molecule has 0 bridgehead atoms. The van der Waals surface area contributed by atoms with Crippen molar-refractivity contribution in [3.05, 3.63) is 65.2 Å². The van der Waals surface area contributed by atoms with Gasteiger partial charge in [0.25, 0.3) is 0 Å². The Balaban J connectivity index is 2.05. The largest absolute Gasteiger partial charge is 0.444 e. The number of amides is 1. The van der Waals surface area contributed by atoms with Crippen molar-refractivity contribution in [2.75, 3.05) is 0 Å². The molecule has 3 rings (SSSR count). The van der Waals surface area contributed by atoms with Gasteiger partial charge >= 0.3 is 6.09 Å². The Morgan fingerprint density at radius 2 is 1.79 bits per heavy atom. The number of hydrogen-bond acceptors (Lipinski definition) is 5. The van der Waals surface area contributed by atoms with Crippen LogP contribution in [-0.2, 0) is 19.4 Å². The minimum absolute atomic E-state index is 0.0757. The molecule has 8 heteroatoms. The van der Waals surface area contributed by atoms with E-state index in [1.165, 1.54) is 12.1 Å². The van der Waals surface area contributed by atoms with E-state index in [1.54, 1.807) is 63.2 Å². The molecular weight excluding hydrogens is 414 g/mol. The fourth-order valence-corrected chi connectivity index (χ4v) is 5.98. The lowest BCUT2D eigenvalue weighted by Crippen LogP contribution is -2.45. The van der Waals surface area contributed by atoms with Crippen molar-refractivity contribution in [3.63, 3.8) is 0 Å². The van der Waals surface area contributed by atoms with Crippen LogP contribution in [0.25, 0.3) is 0 Å². The highest BCUT2D eigenvalue weighted by molar-refractivity contribution is 7.92. The summed E-state index contributed by atoms with van der Waals surface area (Å²) in [6.07, 6.45) is -0.379. The van der Waals surface area contributed by atoms with Gasteiger partial charge in [-0.1, -0.05) is 41.9 Å². The summed E-state index contributed by atoms with van der Waals surface area (Å²) in [4.78, 5) is 24.7. The van der Waals surface area contributed by atoms with Crippen molar-refractivity contribution < 1.29 is 22.7 Å². The van der Waals surface area contributed by atoms with E-state index < -0.39 is 38.2 Å². The first kappa shape index (κ1) is 21.3. The zero-order valence-electron chi connectivity index (χ0n) is 16.3. The molecule has 1 saturated carbocycles. The van der Waals surface area contributed by atoms with Crippen LogP contribution in [0.15, 0.2) is 59.5 Å². The molecule has 2 aromatic carbocycles. The molecule has 1 fully saturated rings. The molecule has 6 nitrogen and oxygen atoms in total. The molecule has 0 aliphatic heterocycles. The van der Waals surface area contributed by atoms with Crippen LogP contribution in [0.4, 0.5) is 4.79 Å². The maximum atomic E-state index is 13.3. The van der Waals surface area contributed by atoms with Gasteiger partial charge in [0.05, 0.1) is 4.90 Å².